The van der Waals surface area contributed by atoms with Gasteiger partial charge in [0.25, 0.3) is 5.91 Å². The largest absolute Gasteiger partial charge is 0.484 e. The van der Waals surface area contributed by atoms with E-state index >= 15 is 0 Å². The summed E-state index contributed by atoms with van der Waals surface area (Å²) >= 11 is 3.35. The molecule has 0 radical (unpaired) electrons. The summed E-state index contributed by atoms with van der Waals surface area (Å²) < 4.78 is 11.4. The van der Waals surface area contributed by atoms with E-state index < -0.39 is 0 Å². The number of aryl methyl sites for hydroxylation is 1. The Balaban J connectivity index is 1.43. The summed E-state index contributed by atoms with van der Waals surface area (Å²) in [5.74, 6) is 1.43. The van der Waals surface area contributed by atoms with Gasteiger partial charge in [-0.25, -0.2) is 0 Å². The molecule has 8 heteroatoms. The molecular weight excluding hydrogens is 402 g/mol. The number of amides is 2. The Kier molecular flexibility index (Phi) is 5.92. The number of hydrogen-bond donors (Lipinski definition) is 1. The number of rotatable bonds is 5. The zero-order valence-corrected chi connectivity index (χ0v) is 16.0. The predicted molar refractivity (Wildman–Crippen MR) is 98.8 cm³/mol. The molecule has 0 aliphatic carbocycles. The summed E-state index contributed by atoms with van der Waals surface area (Å²) in [5.41, 5.74) is 0. The third kappa shape index (κ3) is 4.85. The number of likely N-dealkylation sites (tertiary alicyclic amines) is 1. The molecule has 26 heavy (non-hydrogen) atoms. The first-order chi connectivity index (χ1) is 12.5. The van der Waals surface area contributed by atoms with Crippen LogP contribution in [0.4, 0.5) is 5.82 Å². The lowest BCUT2D eigenvalue weighted by Gasteiger charge is -2.31. The third-order valence-electron chi connectivity index (χ3n) is 4.27. The molecule has 138 valence electrons. The fourth-order valence-electron chi connectivity index (χ4n) is 2.81. The standard InChI is InChI=1S/C18H20BrN3O4/c1-12-10-16(21-26-12)20-18(24)13-6-8-22(9-7-13)17(23)11-25-15-4-2-14(19)3-5-15/h2-5,10,13H,6-9,11H2,1H3,(H,20,21,24). The lowest BCUT2D eigenvalue weighted by molar-refractivity contribution is -0.136. The molecule has 2 amide bonds. The first kappa shape index (κ1) is 18.4. The zero-order valence-electron chi connectivity index (χ0n) is 14.4. The average Bonchev–Trinajstić information content (AvgIpc) is 3.06. The fourth-order valence-corrected chi connectivity index (χ4v) is 3.08. The van der Waals surface area contributed by atoms with Gasteiger partial charge in [0.2, 0.25) is 5.91 Å². The molecule has 2 aromatic rings. The van der Waals surface area contributed by atoms with E-state index in [-0.39, 0.29) is 24.3 Å². The number of piperidine rings is 1. The van der Waals surface area contributed by atoms with Crippen LogP contribution in [0.25, 0.3) is 0 Å². The van der Waals surface area contributed by atoms with Crippen molar-refractivity contribution < 1.29 is 18.8 Å². The molecule has 1 aliphatic heterocycles. The molecule has 1 aromatic carbocycles. The van der Waals surface area contributed by atoms with Gasteiger partial charge in [-0.1, -0.05) is 21.1 Å². The molecule has 1 aromatic heterocycles. The van der Waals surface area contributed by atoms with Crippen molar-refractivity contribution in [3.63, 3.8) is 0 Å². The highest BCUT2D eigenvalue weighted by Crippen LogP contribution is 2.20. The van der Waals surface area contributed by atoms with Crippen molar-refractivity contribution in [2.45, 2.75) is 19.8 Å². The minimum atomic E-state index is -0.136. The number of ether oxygens (including phenoxy) is 1. The van der Waals surface area contributed by atoms with Gasteiger partial charge in [0.15, 0.2) is 12.4 Å². The number of aromatic nitrogens is 1. The second-order valence-corrected chi connectivity index (χ2v) is 7.13. The molecule has 0 atom stereocenters. The Bertz CT molecular complexity index is 767. The number of halogens is 1. The maximum atomic E-state index is 12.3. The highest BCUT2D eigenvalue weighted by Gasteiger charge is 2.28. The first-order valence-electron chi connectivity index (χ1n) is 8.41. The zero-order chi connectivity index (χ0) is 18.5. The van der Waals surface area contributed by atoms with Gasteiger partial charge in [-0.05, 0) is 44.0 Å². The Morgan fingerprint density at radius 2 is 2.00 bits per heavy atom. The molecule has 0 unspecified atom stereocenters. The van der Waals surface area contributed by atoms with Gasteiger partial charge in [-0.3, -0.25) is 9.59 Å². The highest BCUT2D eigenvalue weighted by atomic mass is 79.9. The maximum Gasteiger partial charge on any atom is 0.260 e. The van der Waals surface area contributed by atoms with Gasteiger partial charge in [0, 0.05) is 29.5 Å². The van der Waals surface area contributed by atoms with Gasteiger partial charge in [-0.2, -0.15) is 0 Å². The second kappa shape index (κ2) is 8.35. The van der Waals surface area contributed by atoms with Crippen molar-refractivity contribution in [1.82, 2.24) is 10.1 Å². The number of nitrogens with zero attached hydrogens (tertiary/aromatic N) is 2. The highest BCUT2D eigenvalue weighted by molar-refractivity contribution is 9.10. The van der Waals surface area contributed by atoms with Crippen LogP contribution in [0.3, 0.4) is 0 Å². The van der Waals surface area contributed by atoms with E-state index in [1.807, 2.05) is 12.1 Å². The summed E-state index contributed by atoms with van der Waals surface area (Å²) in [6.45, 7) is 2.84. The number of carbonyl (C=O) groups is 2. The number of anilines is 1. The number of benzene rings is 1. The Morgan fingerprint density at radius 1 is 1.31 bits per heavy atom. The van der Waals surface area contributed by atoms with E-state index in [4.69, 9.17) is 9.26 Å². The van der Waals surface area contributed by atoms with E-state index in [1.54, 1.807) is 30.0 Å². The van der Waals surface area contributed by atoms with Crippen LogP contribution in [0.15, 0.2) is 39.3 Å². The Morgan fingerprint density at radius 3 is 2.62 bits per heavy atom. The van der Waals surface area contributed by atoms with Crippen LogP contribution in [-0.2, 0) is 9.59 Å². The van der Waals surface area contributed by atoms with E-state index in [0.717, 1.165) is 4.47 Å². The van der Waals surface area contributed by atoms with Crippen molar-refractivity contribution >= 4 is 33.6 Å². The van der Waals surface area contributed by atoms with Crippen molar-refractivity contribution in [3.8, 4) is 5.75 Å². The van der Waals surface area contributed by atoms with Crippen LogP contribution < -0.4 is 10.1 Å². The van der Waals surface area contributed by atoms with Gasteiger partial charge in [0.1, 0.15) is 11.5 Å². The van der Waals surface area contributed by atoms with Gasteiger partial charge in [-0.15, -0.1) is 0 Å². The van der Waals surface area contributed by atoms with Crippen LogP contribution >= 0.6 is 15.9 Å². The van der Waals surface area contributed by atoms with Crippen molar-refractivity contribution in [2.24, 2.45) is 5.92 Å². The maximum absolute atomic E-state index is 12.3. The molecule has 0 spiro atoms. The summed E-state index contributed by atoms with van der Waals surface area (Å²) in [6, 6.07) is 9.01. The van der Waals surface area contributed by atoms with Crippen LogP contribution in [0, 0.1) is 12.8 Å². The van der Waals surface area contributed by atoms with E-state index in [2.05, 4.69) is 26.4 Å². The summed E-state index contributed by atoms with van der Waals surface area (Å²) in [7, 11) is 0. The molecule has 3 rings (SSSR count). The molecule has 0 bridgehead atoms. The topological polar surface area (TPSA) is 84.7 Å². The second-order valence-electron chi connectivity index (χ2n) is 6.21. The minimum absolute atomic E-state index is 0.00326. The lowest BCUT2D eigenvalue weighted by Crippen LogP contribution is -2.43. The van der Waals surface area contributed by atoms with Crippen molar-refractivity contribution in [1.29, 1.82) is 0 Å². The Hall–Kier alpha value is -2.35. The first-order valence-corrected chi connectivity index (χ1v) is 9.21. The summed E-state index contributed by atoms with van der Waals surface area (Å²) in [5, 5.41) is 6.51. The monoisotopic (exact) mass is 421 g/mol. The SMILES string of the molecule is Cc1cc(NC(=O)C2CCN(C(=O)COc3ccc(Br)cc3)CC2)no1. The Labute approximate surface area is 159 Å². The van der Waals surface area contributed by atoms with E-state index in [0.29, 0.717) is 43.3 Å². The minimum Gasteiger partial charge on any atom is -0.484 e. The molecule has 1 saturated heterocycles. The van der Waals surface area contributed by atoms with Gasteiger partial charge in [0.05, 0.1) is 0 Å². The molecule has 2 heterocycles. The van der Waals surface area contributed by atoms with Crippen molar-refractivity contribution in [3.05, 3.63) is 40.6 Å². The lowest BCUT2D eigenvalue weighted by atomic mass is 9.96. The molecule has 1 aliphatic rings. The van der Waals surface area contributed by atoms with Crippen LogP contribution in [0.5, 0.6) is 5.75 Å². The van der Waals surface area contributed by atoms with Crippen LogP contribution in [-0.4, -0.2) is 41.6 Å². The fraction of sp³-hybridized carbons (Fsp3) is 0.389. The predicted octanol–water partition coefficient (Wildman–Crippen LogP) is 3.00. The van der Waals surface area contributed by atoms with E-state index in [1.165, 1.54) is 0 Å². The molecular formula is C18H20BrN3O4. The normalized spacial score (nSPS) is 14.9. The number of hydrogen-bond acceptors (Lipinski definition) is 5. The summed E-state index contributed by atoms with van der Waals surface area (Å²) in [6.07, 6.45) is 1.24. The van der Waals surface area contributed by atoms with Gasteiger partial charge >= 0.3 is 0 Å². The van der Waals surface area contributed by atoms with E-state index in [9.17, 15) is 9.59 Å². The molecule has 1 fully saturated rings. The molecule has 1 N–H and O–H groups in total. The van der Waals surface area contributed by atoms with Gasteiger partial charge < -0.3 is 19.5 Å². The number of nitrogens with one attached hydrogen (secondary N) is 1. The van der Waals surface area contributed by atoms with Crippen LogP contribution in [0.2, 0.25) is 0 Å². The smallest absolute Gasteiger partial charge is 0.260 e. The molecule has 7 nitrogen and oxygen atoms in total. The molecule has 0 saturated carbocycles. The number of carbonyl (C=O) groups excluding carboxylic acids is 2. The quantitative estimate of drug-likeness (QED) is 0.801. The third-order valence-corrected chi connectivity index (χ3v) is 4.80. The average molecular weight is 422 g/mol. The van der Waals surface area contributed by atoms with Crippen LogP contribution in [0.1, 0.15) is 18.6 Å². The van der Waals surface area contributed by atoms with Crippen molar-refractivity contribution in [2.75, 3.05) is 25.0 Å². The summed E-state index contributed by atoms with van der Waals surface area (Å²) in [4.78, 5) is 26.3.